The van der Waals surface area contributed by atoms with Gasteiger partial charge in [-0.25, -0.2) is 9.78 Å². The second kappa shape index (κ2) is 9.10. The van der Waals surface area contributed by atoms with Crippen LogP contribution in [-0.4, -0.2) is 60.6 Å². The van der Waals surface area contributed by atoms with Crippen molar-refractivity contribution in [3.8, 4) is 0 Å². The molecule has 1 aromatic heterocycles. The van der Waals surface area contributed by atoms with Crippen LogP contribution in [0.15, 0.2) is 24.4 Å². The highest BCUT2D eigenvalue weighted by molar-refractivity contribution is 5.78. The number of nitrogens with zero attached hydrogens (tertiary/aromatic N) is 3. The molecule has 3 amide bonds. The number of hydrogen-bond donors (Lipinski definition) is 2. The second-order valence-corrected chi connectivity index (χ2v) is 6.02. The van der Waals surface area contributed by atoms with Gasteiger partial charge in [0.15, 0.2) is 0 Å². The third-order valence-corrected chi connectivity index (χ3v) is 4.22. The lowest BCUT2D eigenvalue weighted by Gasteiger charge is -2.35. The van der Waals surface area contributed by atoms with Crippen LogP contribution in [0, 0.1) is 0 Å². The molecule has 0 bridgehead atoms. The number of rotatable bonds is 6. The Morgan fingerprint density at radius 2 is 2.00 bits per heavy atom. The highest BCUT2D eigenvalue weighted by Crippen LogP contribution is 2.12. The third kappa shape index (κ3) is 5.40. The van der Waals surface area contributed by atoms with Crippen molar-refractivity contribution in [2.75, 3.05) is 37.6 Å². The van der Waals surface area contributed by atoms with Crippen LogP contribution in [0.3, 0.4) is 0 Å². The maximum Gasteiger partial charge on any atom is 0.315 e. The van der Waals surface area contributed by atoms with Gasteiger partial charge in [0.1, 0.15) is 5.82 Å². The molecule has 1 aromatic rings. The van der Waals surface area contributed by atoms with Crippen LogP contribution in [0.2, 0.25) is 0 Å². The molecule has 0 aliphatic carbocycles. The summed E-state index contributed by atoms with van der Waals surface area (Å²) in [6.45, 7) is 7.27. The molecule has 7 heteroatoms. The Hall–Kier alpha value is -2.31. The van der Waals surface area contributed by atoms with Crippen LogP contribution in [0.25, 0.3) is 0 Å². The number of pyridine rings is 1. The van der Waals surface area contributed by atoms with Gasteiger partial charge in [0.05, 0.1) is 0 Å². The first kappa shape index (κ1) is 18.0. The van der Waals surface area contributed by atoms with E-state index in [2.05, 4.69) is 20.5 Å². The topological polar surface area (TPSA) is 77.6 Å². The number of urea groups is 1. The van der Waals surface area contributed by atoms with Crippen molar-refractivity contribution < 1.29 is 9.59 Å². The lowest BCUT2D eigenvalue weighted by atomic mass is 10.2. The minimum absolute atomic E-state index is 0.0829. The monoisotopic (exact) mass is 333 g/mol. The first-order chi connectivity index (χ1) is 11.6. The number of amides is 3. The van der Waals surface area contributed by atoms with Crippen molar-refractivity contribution in [1.82, 2.24) is 20.5 Å². The summed E-state index contributed by atoms with van der Waals surface area (Å²) in [6.07, 6.45) is 2.99. The normalized spacial score (nSPS) is 15.8. The first-order valence-electron chi connectivity index (χ1n) is 8.58. The third-order valence-electron chi connectivity index (χ3n) is 4.22. The Labute approximate surface area is 143 Å². The van der Waals surface area contributed by atoms with Gasteiger partial charge >= 0.3 is 6.03 Å². The summed E-state index contributed by atoms with van der Waals surface area (Å²) in [5, 5.41) is 5.55. The molecule has 2 rings (SSSR count). The fraction of sp³-hybridized carbons (Fsp3) is 0.588. The molecule has 0 aromatic carbocycles. The van der Waals surface area contributed by atoms with Gasteiger partial charge in [-0.1, -0.05) is 13.0 Å². The fourth-order valence-electron chi connectivity index (χ4n) is 2.54. The Balaban J connectivity index is 1.67. The minimum atomic E-state index is -0.211. The zero-order valence-electron chi connectivity index (χ0n) is 14.5. The molecule has 1 fully saturated rings. The molecule has 1 saturated heterocycles. The molecular weight excluding hydrogens is 306 g/mol. The minimum Gasteiger partial charge on any atom is -0.353 e. The van der Waals surface area contributed by atoms with Gasteiger partial charge in [-0.2, -0.15) is 0 Å². The number of hydrogen-bond acceptors (Lipinski definition) is 4. The maximum absolute atomic E-state index is 12.2. The zero-order valence-corrected chi connectivity index (χ0v) is 14.5. The molecule has 7 nitrogen and oxygen atoms in total. The van der Waals surface area contributed by atoms with E-state index in [1.54, 1.807) is 6.20 Å². The molecule has 1 aliphatic rings. The van der Waals surface area contributed by atoms with E-state index in [1.165, 1.54) is 0 Å². The smallest absolute Gasteiger partial charge is 0.315 e. The summed E-state index contributed by atoms with van der Waals surface area (Å²) in [5.74, 6) is 1.03. The van der Waals surface area contributed by atoms with E-state index in [0.29, 0.717) is 26.1 Å². The Kier molecular flexibility index (Phi) is 6.84. The zero-order chi connectivity index (χ0) is 17.4. The molecular formula is C17H27N5O2. The number of carbonyl (C=O) groups excluding carboxylic acids is 2. The van der Waals surface area contributed by atoms with E-state index < -0.39 is 0 Å². The van der Waals surface area contributed by atoms with Gasteiger partial charge in [-0.3, -0.25) is 4.79 Å². The Bertz CT molecular complexity index is 529. The van der Waals surface area contributed by atoms with Gasteiger partial charge in [0.2, 0.25) is 5.91 Å². The lowest BCUT2D eigenvalue weighted by Crippen LogP contribution is -2.49. The lowest BCUT2D eigenvalue weighted by molar-refractivity contribution is -0.131. The van der Waals surface area contributed by atoms with Gasteiger partial charge in [0, 0.05) is 51.4 Å². The van der Waals surface area contributed by atoms with E-state index >= 15 is 0 Å². The average molecular weight is 333 g/mol. The van der Waals surface area contributed by atoms with Gasteiger partial charge in [-0.05, 0) is 25.5 Å². The van der Waals surface area contributed by atoms with Crippen LogP contribution < -0.4 is 15.5 Å². The molecule has 0 radical (unpaired) electrons. The highest BCUT2D eigenvalue weighted by Gasteiger charge is 2.21. The van der Waals surface area contributed by atoms with Gasteiger partial charge in [0.25, 0.3) is 0 Å². The first-order valence-corrected chi connectivity index (χ1v) is 8.58. The Morgan fingerprint density at radius 1 is 1.25 bits per heavy atom. The summed E-state index contributed by atoms with van der Waals surface area (Å²) in [5.41, 5.74) is 0. The molecule has 1 unspecified atom stereocenters. The Morgan fingerprint density at radius 3 is 2.62 bits per heavy atom. The van der Waals surface area contributed by atoms with Crippen molar-refractivity contribution in [1.29, 1.82) is 0 Å². The summed E-state index contributed by atoms with van der Waals surface area (Å²) >= 11 is 0. The van der Waals surface area contributed by atoms with Crippen LogP contribution in [0.5, 0.6) is 0 Å². The quantitative estimate of drug-likeness (QED) is 0.820. The van der Waals surface area contributed by atoms with Crippen molar-refractivity contribution in [3.05, 3.63) is 24.4 Å². The molecule has 0 spiro atoms. The molecule has 132 valence electrons. The van der Waals surface area contributed by atoms with E-state index in [0.717, 1.165) is 25.3 Å². The van der Waals surface area contributed by atoms with Crippen molar-refractivity contribution in [2.45, 2.75) is 32.7 Å². The highest BCUT2D eigenvalue weighted by atomic mass is 16.2. The van der Waals surface area contributed by atoms with Crippen molar-refractivity contribution in [3.63, 3.8) is 0 Å². The van der Waals surface area contributed by atoms with Gasteiger partial charge < -0.3 is 20.4 Å². The van der Waals surface area contributed by atoms with E-state index in [4.69, 9.17) is 0 Å². The van der Waals surface area contributed by atoms with Crippen molar-refractivity contribution in [2.24, 2.45) is 0 Å². The molecule has 0 saturated carbocycles. The number of nitrogens with one attached hydrogen (secondary N) is 2. The average Bonchev–Trinajstić information content (AvgIpc) is 2.62. The van der Waals surface area contributed by atoms with E-state index in [-0.39, 0.29) is 18.0 Å². The van der Waals surface area contributed by atoms with Gasteiger partial charge in [-0.15, -0.1) is 0 Å². The predicted octanol–water partition coefficient (Wildman–Crippen LogP) is 1.22. The van der Waals surface area contributed by atoms with Crippen LogP contribution in [-0.2, 0) is 4.79 Å². The number of carbonyl (C=O) groups is 2. The largest absolute Gasteiger partial charge is 0.353 e. The van der Waals surface area contributed by atoms with E-state index in [9.17, 15) is 9.59 Å². The molecule has 2 heterocycles. The summed E-state index contributed by atoms with van der Waals surface area (Å²) < 4.78 is 0. The standard InChI is InChI=1S/C17H27N5O2/c1-3-14(2)20-17(24)19-9-7-16(23)22-12-10-21(11-13-22)15-6-4-5-8-18-15/h4-6,8,14H,3,7,9-13H2,1-2H3,(H2,19,20,24). The SMILES string of the molecule is CCC(C)NC(=O)NCCC(=O)N1CCN(c2ccccn2)CC1. The summed E-state index contributed by atoms with van der Waals surface area (Å²) in [4.78, 5) is 32.2. The molecule has 2 N–H and O–H groups in total. The molecule has 1 aliphatic heterocycles. The fourth-order valence-corrected chi connectivity index (χ4v) is 2.54. The number of anilines is 1. The number of piperazine rings is 1. The van der Waals surface area contributed by atoms with Crippen LogP contribution in [0.1, 0.15) is 26.7 Å². The summed E-state index contributed by atoms with van der Waals surface area (Å²) in [7, 11) is 0. The van der Waals surface area contributed by atoms with E-state index in [1.807, 2.05) is 36.9 Å². The summed E-state index contributed by atoms with van der Waals surface area (Å²) in [6, 6.07) is 5.78. The van der Waals surface area contributed by atoms with Crippen molar-refractivity contribution >= 4 is 17.8 Å². The van der Waals surface area contributed by atoms with Crippen LogP contribution in [0.4, 0.5) is 10.6 Å². The predicted molar refractivity (Wildman–Crippen MR) is 93.9 cm³/mol. The number of aromatic nitrogens is 1. The molecule has 1 atom stereocenters. The second-order valence-electron chi connectivity index (χ2n) is 6.02. The molecule has 24 heavy (non-hydrogen) atoms. The maximum atomic E-state index is 12.2. The van der Waals surface area contributed by atoms with Crippen LogP contribution >= 0.6 is 0 Å².